The molecule has 1 saturated heterocycles. The average Bonchev–Trinajstić information content (AvgIpc) is 2.58. The zero-order valence-electron chi connectivity index (χ0n) is 10.3. The van der Waals surface area contributed by atoms with E-state index in [9.17, 15) is 13.6 Å². The summed E-state index contributed by atoms with van der Waals surface area (Å²) in [7, 11) is 0. The van der Waals surface area contributed by atoms with Crippen LogP contribution in [0.2, 0.25) is 0 Å². The first kappa shape index (κ1) is 12.8. The number of carbonyl (C=O) groups excluding carboxylic acids is 1. The van der Waals surface area contributed by atoms with Crippen molar-refractivity contribution in [3.05, 3.63) is 41.3 Å². The summed E-state index contributed by atoms with van der Waals surface area (Å²) < 4.78 is 26.4. The van der Waals surface area contributed by atoms with E-state index in [1.54, 1.807) is 4.90 Å². The summed E-state index contributed by atoms with van der Waals surface area (Å²) >= 11 is 0. The molecule has 1 aliphatic heterocycles. The van der Waals surface area contributed by atoms with E-state index in [1.807, 2.05) is 13.8 Å². The lowest BCUT2D eigenvalue weighted by atomic mass is 10.0. The summed E-state index contributed by atoms with van der Waals surface area (Å²) in [6, 6.07) is 2.84. The largest absolute Gasteiger partial charge is 0.336 e. The molecule has 1 fully saturated rings. The van der Waals surface area contributed by atoms with Gasteiger partial charge in [0, 0.05) is 19.2 Å². The minimum absolute atomic E-state index is 0.203. The predicted molar refractivity (Wildman–Crippen MR) is 63.8 cm³/mol. The van der Waals surface area contributed by atoms with Crippen molar-refractivity contribution in [3.8, 4) is 0 Å². The summed E-state index contributed by atoms with van der Waals surface area (Å²) in [4.78, 5) is 13.3. The van der Waals surface area contributed by atoms with Crippen LogP contribution in [-0.4, -0.2) is 24.0 Å². The molecule has 2 amide bonds. The van der Waals surface area contributed by atoms with Gasteiger partial charge in [0.2, 0.25) is 0 Å². The highest BCUT2D eigenvalue weighted by atomic mass is 19.1. The highest BCUT2D eigenvalue weighted by Crippen LogP contribution is 2.26. The molecule has 1 aromatic carbocycles. The van der Waals surface area contributed by atoms with Crippen molar-refractivity contribution in [1.82, 2.24) is 10.2 Å². The molecule has 0 aliphatic carbocycles. The number of hydrogen-bond donors (Lipinski definition) is 1. The first-order chi connectivity index (χ1) is 8.47. The Morgan fingerprint density at radius 1 is 1.33 bits per heavy atom. The maximum Gasteiger partial charge on any atom is 0.318 e. The molecule has 1 N–H and O–H groups in total. The number of benzene rings is 1. The van der Waals surface area contributed by atoms with Crippen molar-refractivity contribution < 1.29 is 13.6 Å². The van der Waals surface area contributed by atoms with Gasteiger partial charge in [-0.05, 0) is 23.6 Å². The topological polar surface area (TPSA) is 32.3 Å². The van der Waals surface area contributed by atoms with Crippen LogP contribution < -0.4 is 5.32 Å². The van der Waals surface area contributed by atoms with Gasteiger partial charge in [-0.2, -0.15) is 0 Å². The molecular formula is C13H15F2N2O. The summed E-state index contributed by atoms with van der Waals surface area (Å²) in [6.07, 6.45) is 0. The number of nitrogens with one attached hydrogen (secondary N) is 1. The van der Waals surface area contributed by atoms with Crippen LogP contribution in [0.3, 0.4) is 0 Å². The van der Waals surface area contributed by atoms with E-state index in [0.29, 0.717) is 18.7 Å². The Morgan fingerprint density at radius 3 is 2.50 bits per heavy atom. The van der Waals surface area contributed by atoms with Gasteiger partial charge in [0.05, 0.1) is 6.04 Å². The fourth-order valence-electron chi connectivity index (χ4n) is 2.13. The SMILES string of the molecule is C[C](C)CN1C(=O)NCC1c1cc(F)cc(F)c1. The molecule has 1 radical (unpaired) electrons. The number of carbonyl (C=O) groups is 1. The summed E-state index contributed by atoms with van der Waals surface area (Å²) in [6.45, 7) is 4.67. The Balaban J connectivity index is 2.28. The van der Waals surface area contributed by atoms with Crippen LogP contribution in [0.5, 0.6) is 0 Å². The molecule has 1 unspecified atom stereocenters. The second kappa shape index (κ2) is 4.92. The lowest BCUT2D eigenvalue weighted by Gasteiger charge is -2.25. The van der Waals surface area contributed by atoms with E-state index in [0.717, 1.165) is 12.0 Å². The molecule has 18 heavy (non-hydrogen) atoms. The third-order valence-corrected chi connectivity index (χ3v) is 2.84. The molecule has 5 heteroatoms. The molecule has 2 rings (SSSR count). The zero-order valence-corrected chi connectivity index (χ0v) is 10.3. The van der Waals surface area contributed by atoms with Crippen LogP contribution in [0.15, 0.2) is 18.2 Å². The van der Waals surface area contributed by atoms with Gasteiger partial charge in [0.1, 0.15) is 11.6 Å². The van der Waals surface area contributed by atoms with Gasteiger partial charge in [-0.25, -0.2) is 13.6 Å². The van der Waals surface area contributed by atoms with E-state index in [1.165, 1.54) is 12.1 Å². The van der Waals surface area contributed by atoms with Gasteiger partial charge in [-0.15, -0.1) is 0 Å². The highest BCUT2D eigenvalue weighted by molar-refractivity contribution is 5.77. The quantitative estimate of drug-likeness (QED) is 0.882. The standard InChI is InChI=1S/C13H15F2N2O/c1-8(2)7-17-12(6-16-13(17)18)9-3-10(14)5-11(15)4-9/h3-5,12H,6-7H2,1-2H3,(H,16,18). The van der Waals surface area contributed by atoms with Crippen LogP contribution >= 0.6 is 0 Å². The van der Waals surface area contributed by atoms with E-state index < -0.39 is 11.6 Å². The lowest BCUT2D eigenvalue weighted by Crippen LogP contribution is -2.32. The van der Waals surface area contributed by atoms with Crippen molar-refractivity contribution in [2.24, 2.45) is 0 Å². The van der Waals surface area contributed by atoms with Crippen LogP contribution in [0.1, 0.15) is 25.5 Å². The zero-order chi connectivity index (χ0) is 13.3. The molecule has 0 aromatic heterocycles. The molecule has 1 atom stereocenters. The second-order valence-corrected chi connectivity index (χ2v) is 4.74. The summed E-state index contributed by atoms with van der Waals surface area (Å²) in [5.74, 6) is -0.183. The van der Waals surface area contributed by atoms with E-state index in [4.69, 9.17) is 0 Å². The number of urea groups is 1. The smallest absolute Gasteiger partial charge is 0.318 e. The normalized spacial score (nSPS) is 19.5. The minimum atomic E-state index is -0.624. The number of amides is 2. The second-order valence-electron chi connectivity index (χ2n) is 4.74. The van der Waals surface area contributed by atoms with E-state index in [-0.39, 0.29) is 12.1 Å². The molecule has 97 valence electrons. The Labute approximate surface area is 105 Å². The third kappa shape index (κ3) is 2.60. The van der Waals surface area contributed by atoms with E-state index >= 15 is 0 Å². The first-order valence-electron chi connectivity index (χ1n) is 5.77. The van der Waals surface area contributed by atoms with Crippen molar-refractivity contribution in [2.45, 2.75) is 19.9 Å². The van der Waals surface area contributed by atoms with Crippen LogP contribution in [0.25, 0.3) is 0 Å². The molecule has 1 heterocycles. The Bertz CT molecular complexity index is 442. The maximum absolute atomic E-state index is 13.2. The van der Waals surface area contributed by atoms with Gasteiger partial charge < -0.3 is 10.2 Å². The fraction of sp³-hybridized carbons (Fsp3) is 0.385. The van der Waals surface area contributed by atoms with Crippen LogP contribution in [-0.2, 0) is 0 Å². The summed E-state index contributed by atoms with van der Waals surface area (Å²) in [5.41, 5.74) is 0.479. The fourth-order valence-corrected chi connectivity index (χ4v) is 2.13. The van der Waals surface area contributed by atoms with Gasteiger partial charge in [-0.1, -0.05) is 13.8 Å². The number of nitrogens with zero attached hydrogens (tertiary/aromatic N) is 1. The molecule has 1 aromatic rings. The van der Waals surface area contributed by atoms with Gasteiger partial charge in [0.15, 0.2) is 0 Å². The Hall–Kier alpha value is -1.65. The number of rotatable bonds is 3. The monoisotopic (exact) mass is 253 g/mol. The van der Waals surface area contributed by atoms with Crippen molar-refractivity contribution in [1.29, 1.82) is 0 Å². The lowest BCUT2D eigenvalue weighted by molar-refractivity contribution is 0.206. The molecule has 0 saturated carbocycles. The maximum atomic E-state index is 13.2. The average molecular weight is 253 g/mol. The molecule has 0 spiro atoms. The molecular weight excluding hydrogens is 238 g/mol. The van der Waals surface area contributed by atoms with Gasteiger partial charge in [-0.3, -0.25) is 0 Å². The molecule has 0 bridgehead atoms. The van der Waals surface area contributed by atoms with Crippen LogP contribution in [0.4, 0.5) is 13.6 Å². The van der Waals surface area contributed by atoms with Crippen molar-refractivity contribution in [3.63, 3.8) is 0 Å². The third-order valence-electron chi connectivity index (χ3n) is 2.84. The summed E-state index contributed by atoms with van der Waals surface area (Å²) in [5, 5.41) is 2.69. The van der Waals surface area contributed by atoms with Crippen molar-refractivity contribution in [2.75, 3.05) is 13.1 Å². The van der Waals surface area contributed by atoms with Gasteiger partial charge in [0.25, 0.3) is 0 Å². The molecule has 3 nitrogen and oxygen atoms in total. The molecule has 1 aliphatic rings. The van der Waals surface area contributed by atoms with Gasteiger partial charge >= 0.3 is 6.03 Å². The predicted octanol–water partition coefficient (Wildman–Crippen LogP) is 2.65. The number of halogens is 2. The van der Waals surface area contributed by atoms with E-state index in [2.05, 4.69) is 5.32 Å². The highest BCUT2D eigenvalue weighted by Gasteiger charge is 2.32. The first-order valence-corrected chi connectivity index (χ1v) is 5.77. The minimum Gasteiger partial charge on any atom is -0.336 e. The van der Waals surface area contributed by atoms with Crippen molar-refractivity contribution >= 4 is 6.03 Å². The Morgan fingerprint density at radius 2 is 1.94 bits per heavy atom. The number of hydrogen-bond acceptors (Lipinski definition) is 1. The van der Waals surface area contributed by atoms with Crippen LogP contribution in [0, 0.1) is 17.6 Å². The Kier molecular flexibility index (Phi) is 3.50.